The maximum Gasteiger partial charge on any atom is 0.227 e. The fraction of sp³-hybridized carbons (Fsp3) is 0.636. The number of nitrogens with one attached hydrogen (secondary N) is 2. The molecule has 2 aliphatic heterocycles. The van der Waals surface area contributed by atoms with Gasteiger partial charge in [0.2, 0.25) is 5.95 Å². The highest BCUT2D eigenvalue weighted by molar-refractivity contribution is 6.30. The van der Waals surface area contributed by atoms with Gasteiger partial charge in [-0.25, -0.2) is 9.97 Å². The topological polar surface area (TPSA) is 53.1 Å². The number of piperazine rings is 1. The molecule has 1 aromatic rings. The van der Waals surface area contributed by atoms with E-state index in [0.717, 1.165) is 62.9 Å². The first-order valence-electron chi connectivity index (χ1n) is 6.06. The molecule has 0 spiro atoms. The Balaban J connectivity index is 1.92. The monoisotopic (exact) mass is 253 g/mol. The molecular weight excluding hydrogens is 238 g/mol. The first-order valence-corrected chi connectivity index (χ1v) is 6.44. The van der Waals surface area contributed by atoms with E-state index in [1.165, 1.54) is 0 Å². The third-order valence-corrected chi connectivity index (χ3v) is 3.59. The Kier molecular flexibility index (Phi) is 3.13. The number of aromatic nitrogens is 2. The van der Waals surface area contributed by atoms with Crippen molar-refractivity contribution in [1.29, 1.82) is 0 Å². The van der Waals surface area contributed by atoms with E-state index < -0.39 is 0 Å². The molecule has 0 unspecified atom stereocenters. The number of rotatable bonds is 1. The van der Waals surface area contributed by atoms with Gasteiger partial charge in [0.05, 0.1) is 5.69 Å². The molecule has 0 atom stereocenters. The molecule has 1 saturated heterocycles. The summed E-state index contributed by atoms with van der Waals surface area (Å²) in [6.07, 6.45) is 0.927. The van der Waals surface area contributed by atoms with Crippen LogP contribution in [-0.2, 0) is 13.0 Å². The molecule has 3 rings (SSSR count). The lowest BCUT2D eigenvalue weighted by molar-refractivity contribution is 0.572. The summed E-state index contributed by atoms with van der Waals surface area (Å²) >= 11 is 6.25. The van der Waals surface area contributed by atoms with Crippen molar-refractivity contribution in [2.45, 2.75) is 13.0 Å². The predicted octanol–water partition coefficient (Wildman–Crippen LogP) is 0.185. The second-order valence-corrected chi connectivity index (χ2v) is 4.76. The first-order chi connectivity index (χ1) is 8.34. The molecule has 1 aromatic heterocycles. The van der Waals surface area contributed by atoms with Crippen LogP contribution in [0, 0.1) is 0 Å². The zero-order valence-electron chi connectivity index (χ0n) is 9.67. The fourth-order valence-electron chi connectivity index (χ4n) is 2.31. The van der Waals surface area contributed by atoms with Gasteiger partial charge in [0.15, 0.2) is 0 Å². The SMILES string of the molecule is Clc1nc(N2CCNCC2)nc2c1CCNC2. The van der Waals surface area contributed by atoms with Crippen LogP contribution in [0.1, 0.15) is 11.3 Å². The zero-order valence-corrected chi connectivity index (χ0v) is 10.4. The maximum absolute atomic E-state index is 6.25. The number of hydrogen-bond donors (Lipinski definition) is 2. The Hall–Kier alpha value is -0.910. The van der Waals surface area contributed by atoms with E-state index in [0.29, 0.717) is 5.15 Å². The van der Waals surface area contributed by atoms with E-state index >= 15 is 0 Å². The van der Waals surface area contributed by atoms with E-state index in [1.807, 2.05) is 0 Å². The molecule has 2 aliphatic rings. The van der Waals surface area contributed by atoms with E-state index in [9.17, 15) is 0 Å². The summed E-state index contributed by atoms with van der Waals surface area (Å²) in [6, 6.07) is 0. The second-order valence-electron chi connectivity index (χ2n) is 4.40. The Morgan fingerprint density at radius 1 is 1.06 bits per heavy atom. The van der Waals surface area contributed by atoms with Crippen molar-refractivity contribution in [3.8, 4) is 0 Å². The molecule has 3 heterocycles. The third-order valence-electron chi connectivity index (χ3n) is 3.27. The highest BCUT2D eigenvalue weighted by atomic mass is 35.5. The summed E-state index contributed by atoms with van der Waals surface area (Å²) in [6.45, 7) is 5.62. The summed E-state index contributed by atoms with van der Waals surface area (Å²) < 4.78 is 0. The lowest BCUT2D eigenvalue weighted by atomic mass is 10.1. The molecule has 0 bridgehead atoms. The fourth-order valence-corrected chi connectivity index (χ4v) is 2.59. The maximum atomic E-state index is 6.25. The molecule has 6 heteroatoms. The van der Waals surface area contributed by atoms with Gasteiger partial charge in [0.25, 0.3) is 0 Å². The molecule has 0 radical (unpaired) electrons. The number of fused-ring (bicyclic) bond motifs is 1. The number of nitrogens with zero attached hydrogens (tertiary/aromatic N) is 3. The average Bonchev–Trinajstić information content (AvgIpc) is 2.40. The number of anilines is 1. The molecule has 17 heavy (non-hydrogen) atoms. The minimum Gasteiger partial charge on any atom is -0.338 e. The Morgan fingerprint density at radius 2 is 1.88 bits per heavy atom. The van der Waals surface area contributed by atoms with Crippen molar-refractivity contribution >= 4 is 17.5 Å². The first kappa shape index (κ1) is 11.2. The molecular formula is C11H16ClN5. The van der Waals surface area contributed by atoms with Crippen molar-refractivity contribution in [1.82, 2.24) is 20.6 Å². The van der Waals surface area contributed by atoms with Crippen LogP contribution in [0.2, 0.25) is 5.15 Å². The molecule has 2 N–H and O–H groups in total. The van der Waals surface area contributed by atoms with Gasteiger partial charge in [-0.15, -0.1) is 0 Å². The molecule has 0 aliphatic carbocycles. The summed E-state index contributed by atoms with van der Waals surface area (Å²) in [5, 5.41) is 7.27. The van der Waals surface area contributed by atoms with Gasteiger partial charge in [-0.05, 0) is 13.0 Å². The van der Waals surface area contributed by atoms with Crippen molar-refractivity contribution in [3.63, 3.8) is 0 Å². The van der Waals surface area contributed by atoms with Gasteiger partial charge in [0, 0.05) is 38.3 Å². The van der Waals surface area contributed by atoms with Crippen LogP contribution in [0.5, 0.6) is 0 Å². The van der Waals surface area contributed by atoms with Gasteiger partial charge in [-0.3, -0.25) is 0 Å². The summed E-state index contributed by atoms with van der Waals surface area (Å²) in [4.78, 5) is 11.3. The minimum atomic E-state index is 0.630. The Bertz CT molecular complexity index is 417. The smallest absolute Gasteiger partial charge is 0.227 e. The molecule has 1 fully saturated rings. The van der Waals surface area contributed by atoms with Crippen LogP contribution in [0.25, 0.3) is 0 Å². The highest BCUT2D eigenvalue weighted by Gasteiger charge is 2.20. The number of hydrogen-bond acceptors (Lipinski definition) is 5. The van der Waals surface area contributed by atoms with Gasteiger partial charge in [-0.1, -0.05) is 11.6 Å². The van der Waals surface area contributed by atoms with Crippen LogP contribution < -0.4 is 15.5 Å². The Labute approximate surface area is 106 Å². The number of halogens is 1. The molecule has 0 aromatic carbocycles. The van der Waals surface area contributed by atoms with Crippen LogP contribution in [0.4, 0.5) is 5.95 Å². The average molecular weight is 254 g/mol. The minimum absolute atomic E-state index is 0.630. The van der Waals surface area contributed by atoms with E-state index in [1.54, 1.807) is 0 Å². The molecule has 5 nitrogen and oxygen atoms in total. The molecule has 0 saturated carbocycles. The normalized spacial score (nSPS) is 20.2. The van der Waals surface area contributed by atoms with Crippen molar-refractivity contribution < 1.29 is 0 Å². The summed E-state index contributed by atoms with van der Waals surface area (Å²) in [5.41, 5.74) is 2.18. The van der Waals surface area contributed by atoms with Crippen molar-refractivity contribution in [3.05, 3.63) is 16.4 Å². The predicted molar refractivity (Wildman–Crippen MR) is 67.5 cm³/mol. The molecule has 0 amide bonds. The quantitative estimate of drug-likeness (QED) is 0.700. The standard InChI is InChI=1S/C11H16ClN5/c12-10-8-1-2-14-7-9(8)15-11(16-10)17-5-3-13-4-6-17/h13-14H,1-7H2. The molecule has 92 valence electrons. The van der Waals surface area contributed by atoms with Crippen LogP contribution in [0.15, 0.2) is 0 Å². The second kappa shape index (κ2) is 4.76. The lowest BCUT2D eigenvalue weighted by Gasteiger charge is -2.28. The third kappa shape index (κ3) is 2.22. The van der Waals surface area contributed by atoms with E-state index in [2.05, 4.69) is 25.5 Å². The van der Waals surface area contributed by atoms with Gasteiger partial charge >= 0.3 is 0 Å². The van der Waals surface area contributed by atoms with Crippen molar-refractivity contribution in [2.24, 2.45) is 0 Å². The van der Waals surface area contributed by atoms with Crippen LogP contribution in [-0.4, -0.2) is 42.7 Å². The summed E-state index contributed by atoms with van der Waals surface area (Å²) in [7, 11) is 0. The van der Waals surface area contributed by atoms with Gasteiger partial charge in [0.1, 0.15) is 5.15 Å². The zero-order chi connectivity index (χ0) is 11.7. The largest absolute Gasteiger partial charge is 0.338 e. The highest BCUT2D eigenvalue weighted by Crippen LogP contribution is 2.23. The summed E-state index contributed by atoms with van der Waals surface area (Å²) in [5.74, 6) is 0.777. The van der Waals surface area contributed by atoms with Gasteiger partial charge < -0.3 is 15.5 Å². The lowest BCUT2D eigenvalue weighted by Crippen LogP contribution is -2.44. The van der Waals surface area contributed by atoms with E-state index in [-0.39, 0.29) is 0 Å². The van der Waals surface area contributed by atoms with Gasteiger partial charge in [-0.2, -0.15) is 0 Å². The van der Waals surface area contributed by atoms with Crippen LogP contribution >= 0.6 is 11.6 Å². The van der Waals surface area contributed by atoms with E-state index in [4.69, 9.17) is 11.6 Å². The van der Waals surface area contributed by atoms with Crippen LogP contribution in [0.3, 0.4) is 0 Å². The van der Waals surface area contributed by atoms with Crippen molar-refractivity contribution in [2.75, 3.05) is 37.6 Å². The Morgan fingerprint density at radius 3 is 2.71 bits per heavy atom.